The maximum atomic E-state index is 4.70. The zero-order valence-electron chi connectivity index (χ0n) is 12.6. The van der Waals surface area contributed by atoms with Crippen LogP contribution in [0.1, 0.15) is 31.5 Å². The fourth-order valence-corrected chi connectivity index (χ4v) is 3.07. The Balaban J connectivity index is 1.94. The van der Waals surface area contributed by atoms with Gasteiger partial charge in [-0.1, -0.05) is 20.8 Å². The van der Waals surface area contributed by atoms with Crippen LogP contribution in [0.5, 0.6) is 0 Å². The SMILES string of the molecule is CNc1ncnc2c1cnn2Cc1nc(C(C)(C)C)cs1. The molecule has 0 saturated heterocycles. The Labute approximate surface area is 127 Å². The van der Waals surface area contributed by atoms with Gasteiger partial charge in [0.1, 0.15) is 17.2 Å². The lowest BCUT2D eigenvalue weighted by Gasteiger charge is -2.14. The Kier molecular flexibility index (Phi) is 3.36. The van der Waals surface area contributed by atoms with Gasteiger partial charge in [0.05, 0.1) is 23.8 Å². The minimum Gasteiger partial charge on any atom is -0.372 e. The summed E-state index contributed by atoms with van der Waals surface area (Å²) in [6.45, 7) is 7.13. The molecule has 0 aliphatic carbocycles. The van der Waals surface area contributed by atoms with Crippen LogP contribution in [0.3, 0.4) is 0 Å². The predicted octanol–water partition coefficient (Wildman–Crippen LogP) is 2.67. The minimum absolute atomic E-state index is 0.0718. The van der Waals surface area contributed by atoms with Gasteiger partial charge in [-0.15, -0.1) is 11.3 Å². The average molecular weight is 302 g/mol. The molecule has 0 aliphatic heterocycles. The molecule has 0 aliphatic rings. The lowest BCUT2D eigenvalue weighted by atomic mass is 9.93. The predicted molar refractivity (Wildman–Crippen MR) is 84.8 cm³/mol. The van der Waals surface area contributed by atoms with E-state index in [0.717, 1.165) is 27.6 Å². The smallest absolute Gasteiger partial charge is 0.163 e. The number of fused-ring (bicyclic) bond motifs is 1. The van der Waals surface area contributed by atoms with E-state index in [1.54, 1.807) is 23.9 Å². The highest BCUT2D eigenvalue weighted by molar-refractivity contribution is 7.09. The van der Waals surface area contributed by atoms with Gasteiger partial charge in [0.15, 0.2) is 5.65 Å². The van der Waals surface area contributed by atoms with Gasteiger partial charge >= 0.3 is 0 Å². The zero-order valence-corrected chi connectivity index (χ0v) is 13.4. The summed E-state index contributed by atoms with van der Waals surface area (Å²) in [6, 6.07) is 0. The molecule has 1 N–H and O–H groups in total. The molecule has 6 nitrogen and oxygen atoms in total. The second kappa shape index (κ2) is 5.07. The van der Waals surface area contributed by atoms with Crippen LogP contribution in [-0.4, -0.2) is 31.8 Å². The summed E-state index contributed by atoms with van der Waals surface area (Å²) < 4.78 is 1.86. The molecule has 0 aromatic carbocycles. The van der Waals surface area contributed by atoms with Crippen molar-refractivity contribution in [1.29, 1.82) is 0 Å². The van der Waals surface area contributed by atoms with E-state index < -0.39 is 0 Å². The van der Waals surface area contributed by atoms with Crippen molar-refractivity contribution in [3.8, 4) is 0 Å². The number of rotatable bonds is 3. The van der Waals surface area contributed by atoms with Crippen LogP contribution in [0.15, 0.2) is 17.9 Å². The van der Waals surface area contributed by atoms with Crippen LogP contribution in [0.4, 0.5) is 5.82 Å². The summed E-state index contributed by atoms with van der Waals surface area (Å²) in [6.07, 6.45) is 3.34. The third-order valence-electron chi connectivity index (χ3n) is 3.28. The van der Waals surface area contributed by atoms with E-state index >= 15 is 0 Å². The normalized spacial score (nSPS) is 12.0. The molecule has 0 amide bonds. The Morgan fingerprint density at radius 1 is 1.29 bits per heavy atom. The maximum Gasteiger partial charge on any atom is 0.163 e. The number of anilines is 1. The summed E-state index contributed by atoms with van der Waals surface area (Å²) in [7, 11) is 1.84. The van der Waals surface area contributed by atoms with Crippen LogP contribution in [-0.2, 0) is 12.0 Å². The van der Waals surface area contributed by atoms with Crippen LogP contribution in [0.2, 0.25) is 0 Å². The Morgan fingerprint density at radius 2 is 2.10 bits per heavy atom. The van der Waals surface area contributed by atoms with E-state index in [0.29, 0.717) is 6.54 Å². The average Bonchev–Trinajstić information content (AvgIpc) is 3.06. The first-order chi connectivity index (χ1) is 9.99. The van der Waals surface area contributed by atoms with Crippen molar-refractivity contribution in [1.82, 2.24) is 24.7 Å². The van der Waals surface area contributed by atoms with Crippen molar-refractivity contribution < 1.29 is 0 Å². The largest absolute Gasteiger partial charge is 0.372 e. The number of nitrogens with one attached hydrogen (secondary N) is 1. The second-order valence-electron chi connectivity index (χ2n) is 5.89. The van der Waals surface area contributed by atoms with Gasteiger partial charge in [0.2, 0.25) is 0 Å². The first-order valence-corrected chi connectivity index (χ1v) is 7.66. The first kappa shape index (κ1) is 13.9. The van der Waals surface area contributed by atoms with E-state index in [-0.39, 0.29) is 5.41 Å². The summed E-state index contributed by atoms with van der Waals surface area (Å²) in [4.78, 5) is 13.2. The van der Waals surface area contributed by atoms with Crippen LogP contribution in [0, 0.1) is 0 Å². The van der Waals surface area contributed by atoms with Crippen molar-refractivity contribution in [2.45, 2.75) is 32.7 Å². The van der Waals surface area contributed by atoms with Gasteiger partial charge in [-0.25, -0.2) is 19.6 Å². The van der Waals surface area contributed by atoms with Crippen molar-refractivity contribution in [3.05, 3.63) is 28.6 Å². The van der Waals surface area contributed by atoms with Gasteiger partial charge in [-0.2, -0.15) is 5.10 Å². The molecule has 0 bridgehead atoms. The maximum absolute atomic E-state index is 4.70. The third kappa shape index (κ3) is 2.61. The summed E-state index contributed by atoms with van der Waals surface area (Å²) >= 11 is 1.66. The van der Waals surface area contributed by atoms with Gasteiger partial charge in [-0.3, -0.25) is 0 Å². The number of hydrogen-bond acceptors (Lipinski definition) is 6. The molecule has 3 rings (SSSR count). The standard InChI is InChI=1S/C14H18N6S/c1-14(2,3)10-7-21-11(19-10)6-20-13-9(5-18-20)12(15-4)16-8-17-13/h5,7-8H,6H2,1-4H3,(H,15,16,17). The lowest BCUT2D eigenvalue weighted by Crippen LogP contribution is -2.12. The molecule has 21 heavy (non-hydrogen) atoms. The highest BCUT2D eigenvalue weighted by Crippen LogP contribution is 2.25. The minimum atomic E-state index is 0.0718. The quantitative estimate of drug-likeness (QED) is 0.805. The molecule has 110 valence electrons. The molecule has 0 fully saturated rings. The zero-order chi connectivity index (χ0) is 15.0. The van der Waals surface area contributed by atoms with Gasteiger partial charge in [0, 0.05) is 17.8 Å². The number of aromatic nitrogens is 5. The summed E-state index contributed by atoms with van der Waals surface area (Å²) in [5.74, 6) is 0.792. The number of hydrogen-bond donors (Lipinski definition) is 1. The van der Waals surface area contributed by atoms with E-state index in [1.807, 2.05) is 11.7 Å². The monoisotopic (exact) mass is 302 g/mol. The molecular weight excluding hydrogens is 284 g/mol. The molecule has 7 heteroatoms. The molecule has 0 spiro atoms. The van der Waals surface area contributed by atoms with Crippen molar-refractivity contribution in [2.75, 3.05) is 12.4 Å². The van der Waals surface area contributed by atoms with E-state index in [9.17, 15) is 0 Å². The van der Waals surface area contributed by atoms with Crippen LogP contribution >= 0.6 is 11.3 Å². The molecule has 0 saturated carbocycles. The highest BCUT2D eigenvalue weighted by atomic mass is 32.1. The molecule has 3 heterocycles. The molecule has 0 unspecified atom stereocenters. The van der Waals surface area contributed by atoms with E-state index in [1.165, 1.54) is 0 Å². The molecular formula is C14H18N6S. The van der Waals surface area contributed by atoms with Gasteiger partial charge in [0.25, 0.3) is 0 Å². The Bertz CT molecular complexity index is 767. The second-order valence-corrected chi connectivity index (χ2v) is 6.83. The third-order valence-corrected chi connectivity index (χ3v) is 4.11. The van der Waals surface area contributed by atoms with Crippen LogP contribution < -0.4 is 5.32 Å². The van der Waals surface area contributed by atoms with Crippen molar-refractivity contribution >= 4 is 28.2 Å². The van der Waals surface area contributed by atoms with Gasteiger partial charge in [-0.05, 0) is 0 Å². The topological polar surface area (TPSA) is 68.5 Å². The molecule has 0 radical (unpaired) electrons. The molecule has 3 aromatic rings. The fourth-order valence-electron chi connectivity index (χ4n) is 2.06. The van der Waals surface area contributed by atoms with E-state index in [2.05, 4.69) is 46.5 Å². The lowest BCUT2D eigenvalue weighted by molar-refractivity contribution is 0.568. The molecule has 0 atom stereocenters. The molecule has 3 aromatic heterocycles. The summed E-state index contributed by atoms with van der Waals surface area (Å²) in [5, 5.41) is 11.5. The Hall–Kier alpha value is -2.02. The van der Waals surface area contributed by atoms with Gasteiger partial charge < -0.3 is 5.32 Å². The van der Waals surface area contributed by atoms with Crippen molar-refractivity contribution in [2.24, 2.45) is 0 Å². The van der Waals surface area contributed by atoms with Crippen LogP contribution in [0.25, 0.3) is 11.0 Å². The van der Waals surface area contributed by atoms with E-state index in [4.69, 9.17) is 4.98 Å². The van der Waals surface area contributed by atoms with Crippen molar-refractivity contribution in [3.63, 3.8) is 0 Å². The Morgan fingerprint density at radius 3 is 2.76 bits per heavy atom. The highest BCUT2D eigenvalue weighted by Gasteiger charge is 2.18. The first-order valence-electron chi connectivity index (χ1n) is 6.78. The summed E-state index contributed by atoms with van der Waals surface area (Å²) in [5.41, 5.74) is 2.01. The number of nitrogens with zero attached hydrogens (tertiary/aromatic N) is 5. The fraction of sp³-hybridized carbons (Fsp3) is 0.429. The number of thiazole rings is 1.